The fraction of sp³-hybridized carbons (Fsp3) is 0. The minimum absolute atomic E-state index is 0.000485. The fourth-order valence-electron chi connectivity index (χ4n) is 2.43. The van der Waals surface area contributed by atoms with Crippen molar-refractivity contribution in [3.8, 4) is 22.1 Å². The van der Waals surface area contributed by atoms with Crippen LogP contribution in [0.5, 0.6) is 0 Å². The van der Waals surface area contributed by atoms with Crippen molar-refractivity contribution in [2.24, 2.45) is 5.14 Å². The van der Waals surface area contributed by atoms with Crippen LogP contribution in [0, 0.1) is 5.82 Å². The third-order valence-electron chi connectivity index (χ3n) is 3.63. The Morgan fingerprint density at radius 3 is 2.68 bits per heavy atom. The van der Waals surface area contributed by atoms with Gasteiger partial charge in [0, 0.05) is 10.9 Å². The van der Waals surface area contributed by atoms with Gasteiger partial charge < -0.3 is 4.98 Å². The quantitative estimate of drug-likeness (QED) is 0.575. The van der Waals surface area contributed by atoms with Crippen molar-refractivity contribution in [1.82, 2.24) is 15.0 Å². The van der Waals surface area contributed by atoms with Crippen LogP contribution in [0.2, 0.25) is 0 Å². The van der Waals surface area contributed by atoms with Crippen molar-refractivity contribution in [3.05, 3.63) is 53.7 Å². The first kappa shape index (κ1) is 15.9. The monoisotopic (exact) mass is 374 g/mol. The van der Waals surface area contributed by atoms with Crippen LogP contribution in [0.1, 0.15) is 0 Å². The molecule has 25 heavy (non-hydrogen) atoms. The second kappa shape index (κ2) is 5.73. The van der Waals surface area contributed by atoms with Gasteiger partial charge in [0.15, 0.2) is 5.82 Å². The van der Waals surface area contributed by atoms with Gasteiger partial charge in [-0.25, -0.2) is 27.9 Å². The van der Waals surface area contributed by atoms with E-state index >= 15 is 0 Å². The molecule has 2 heterocycles. The zero-order chi connectivity index (χ0) is 17.6. The van der Waals surface area contributed by atoms with Crippen molar-refractivity contribution < 1.29 is 12.8 Å². The Labute approximate surface area is 146 Å². The number of hydrogen-bond acceptors (Lipinski definition) is 5. The van der Waals surface area contributed by atoms with Gasteiger partial charge in [-0.3, -0.25) is 0 Å². The Balaban J connectivity index is 1.77. The normalized spacial score (nSPS) is 11.9. The van der Waals surface area contributed by atoms with E-state index in [4.69, 9.17) is 5.14 Å². The maximum atomic E-state index is 13.9. The van der Waals surface area contributed by atoms with E-state index in [0.717, 1.165) is 0 Å². The standard InChI is InChI=1S/C16H11FN4O2S2/c17-11-4-2-1-3-10(11)16-21-14(8-24-16)15-19-12-6-5-9(25(18,22)23)7-13(12)20-15/h1-8H,(H,19,20)(H2,18,22,23). The maximum absolute atomic E-state index is 13.9. The van der Waals surface area contributed by atoms with E-state index in [2.05, 4.69) is 15.0 Å². The molecule has 0 aliphatic heterocycles. The molecule has 0 aliphatic carbocycles. The molecule has 0 spiro atoms. The second-order valence-corrected chi connectivity index (χ2v) is 7.75. The van der Waals surface area contributed by atoms with Crippen LogP contribution in [-0.2, 0) is 10.0 Å². The molecule has 9 heteroatoms. The summed E-state index contributed by atoms with van der Waals surface area (Å²) in [6.07, 6.45) is 0. The van der Waals surface area contributed by atoms with Crippen molar-refractivity contribution in [2.45, 2.75) is 4.90 Å². The number of nitrogens with zero attached hydrogens (tertiary/aromatic N) is 2. The molecule has 0 bridgehead atoms. The summed E-state index contributed by atoms with van der Waals surface area (Å²) in [4.78, 5) is 11.8. The average Bonchev–Trinajstić information content (AvgIpc) is 3.20. The number of H-pyrrole nitrogens is 1. The fourth-order valence-corrected chi connectivity index (χ4v) is 3.80. The molecule has 2 aromatic carbocycles. The number of imidazole rings is 1. The predicted octanol–water partition coefficient (Wildman–Crippen LogP) is 3.14. The first-order valence-electron chi connectivity index (χ1n) is 7.15. The number of aromatic nitrogens is 3. The van der Waals surface area contributed by atoms with Gasteiger partial charge in [0.05, 0.1) is 15.9 Å². The van der Waals surface area contributed by atoms with Crippen LogP contribution in [0.25, 0.3) is 33.1 Å². The number of primary sulfonamides is 1. The van der Waals surface area contributed by atoms with Crippen LogP contribution >= 0.6 is 11.3 Å². The summed E-state index contributed by atoms with van der Waals surface area (Å²) in [6, 6.07) is 10.8. The van der Waals surface area contributed by atoms with Crippen LogP contribution in [0.3, 0.4) is 0 Å². The number of rotatable bonds is 3. The molecule has 0 fully saturated rings. The zero-order valence-electron chi connectivity index (χ0n) is 12.6. The molecule has 2 aromatic heterocycles. The smallest absolute Gasteiger partial charge is 0.238 e. The number of sulfonamides is 1. The van der Waals surface area contributed by atoms with Gasteiger partial charge in [-0.15, -0.1) is 11.3 Å². The number of benzene rings is 2. The minimum Gasteiger partial charge on any atom is -0.337 e. The van der Waals surface area contributed by atoms with E-state index in [9.17, 15) is 12.8 Å². The van der Waals surface area contributed by atoms with E-state index in [1.807, 2.05) is 0 Å². The van der Waals surface area contributed by atoms with Gasteiger partial charge >= 0.3 is 0 Å². The van der Waals surface area contributed by atoms with Crippen LogP contribution in [0.4, 0.5) is 4.39 Å². The number of nitrogens with one attached hydrogen (secondary N) is 1. The SMILES string of the molecule is NS(=O)(=O)c1ccc2nc(-c3csc(-c4ccccc4F)n3)[nH]c2c1. The summed E-state index contributed by atoms with van der Waals surface area (Å²) >= 11 is 1.30. The van der Waals surface area contributed by atoms with E-state index in [1.165, 1.54) is 29.5 Å². The first-order valence-corrected chi connectivity index (χ1v) is 9.58. The van der Waals surface area contributed by atoms with E-state index in [1.54, 1.807) is 29.6 Å². The van der Waals surface area contributed by atoms with Gasteiger partial charge in [0.2, 0.25) is 10.0 Å². The molecule has 4 aromatic rings. The summed E-state index contributed by atoms with van der Waals surface area (Å²) in [5, 5.41) is 7.44. The zero-order valence-corrected chi connectivity index (χ0v) is 14.2. The summed E-state index contributed by atoms with van der Waals surface area (Å²) < 4.78 is 36.8. The second-order valence-electron chi connectivity index (χ2n) is 5.33. The highest BCUT2D eigenvalue weighted by molar-refractivity contribution is 7.89. The number of thiazole rings is 1. The van der Waals surface area contributed by atoms with Crippen molar-refractivity contribution in [3.63, 3.8) is 0 Å². The Hall–Kier alpha value is -2.62. The highest BCUT2D eigenvalue weighted by atomic mass is 32.2. The molecule has 0 atom stereocenters. The van der Waals surface area contributed by atoms with Gasteiger partial charge in [-0.1, -0.05) is 12.1 Å². The molecule has 0 radical (unpaired) electrons. The van der Waals surface area contributed by atoms with Crippen LogP contribution < -0.4 is 5.14 Å². The summed E-state index contributed by atoms with van der Waals surface area (Å²) in [5.74, 6) is 0.131. The van der Waals surface area contributed by atoms with Gasteiger partial charge in [0.1, 0.15) is 16.5 Å². The minimum atomic E-state index is -3.79. The van der Waals surface area contributed by atoms with Crippen molar-refractivity contribution in [2.75, 3.05) is 0 Å². The molecule has 0 unspecified atom stereocenters. The topological polar surface area (TPSA) is 102 Å². The number of nitrogens with two attached hydrogens (primary N) is 1. The highest BCUT2D eigenvalue weighted by Crippen LogP contribution is 2.30. The molecule has 4 rings (SSSR count). The van der Waals surface area contributed by atoms with Gasteiger partial charge in [-0.05, 0) is 30.3 Å². The lowest BCUT2D eigenvalue weighted by Crippen LogP contribution is -2.11. The van der Waals surface area contributed by atoms with E-state index in [0.29, 0.717) is 33.1 Å². The Morgan fingerprint density at radius 1 is 1.12 bits per heavy atom. The van der Waals surface area contributed by atoms with Crippen LogP contribution in [-0.4, -0.2) is 23.4 Å². The Morgan fingerprint density at radius 2 is 1.92 bits per heavy atom. The van der Waals surface area contributed by atoms with Gasteiger partial charge in [-0.2, -0.15) is 0 Å². The molecule has 0 saturated heterocycles. The van der Waals surface area contributed by atoms with E-state index in [-0.39, 0.29) is 10.7 Å². The molecular formula is C16H11FN4O2S2. The van der Waals surface area contributed by atoms with E-state index < -0.39 is 10.0 Å². The van der Waals surface area contributed by atoms with Crippen molar-refractivity contribution >= 4 is 32.4 Å². The van der Waals surface area contributed by atoms with Gasteiger partial charge in [0.25, 0.3) is 0 Å². The summed E-state index contributed by atoms with van der Waals surface area (Å²) in [5.41, 5.74) is 2.09. The third-order valence-corrected chi connectivity index (χ3v) is 5.42. The maximum Gasteiger partial charge on any atom is 0.238 e. The van der Waals surface area contributed by atoms with Crippen molar-refractivity contribution in [1.29, 1.82) is 0 Å². The Bertz CT molecular complexity index is 1200. The third kappa shape index (κ3) is 2.93. The number of halogens is 1. The molecule has 3 N–H and O–H groups in total. The summed E-state index contributed by atoms with van der Waals surface area (Å²) in [6.45, 7) is 0. The number of hydrogen-bond donors (Lipinski definition) is 2. The lowest BCUT2D eigenvalue weighted by molar-refractivity contribution is 0.598. The molecule has 0 amide bonds. The average molecular weight is 374 g/mol. The first-order chi connectivity index (χ1) is 11.9. The lowest BCUT2D eigenvalue weighted by atomic mass is 10.2. The highest BCUT2D eigenvalue weighted by Gasteiger charge is 2.14. The predicted molar refractivity (Wildman–Crippen MR) is 94.0 cm³/mol. The molecular weight excluding hydrogens is 363 g/mol. The molecule has 126 valence electrons. The largest absolute Gasteiger partial charge is 0.337 e. The number of aromatic amines is 1. The Kier molecular flexibility index (Phi) is 3.64. The molecule has 0 saturated carbocycles. The number of fused-ring (bicyclic) bond motifs is 1. The summed E-state index contributed by atoms with van der Waals surface area (Å²) in [7, 11) is -3.79. The lowest BCUT2D eigenvalue weighted by Gasteiger charge is -1.97. The molecule has 6 nitrogen and oxygen atoms in total. The van der Waals surface area contributed by atoms with Crippen LogP contribution in [0.15, 0.2) is 52.7 Å². The molecule has 0 aliphatic rings.